The van der Waals surface area contributed by atoms with Crippen molar-refractivity contribution in [3.05, 3.63) is 12.7 Å². The molecule has 0 aromatic rings. The first-order valence-corrected chi connectivity index (χ1v) is 6.94. The third kappa shape index (κ3) is 3.62. The minimum absolute atomic E-state index is 0. The van der Waals surface area contributed by atoms with Crippen LogP contribution >= 0.6 is 24.0 Å². The second-order valence-corrected chi connectivity index (χ2v) is 5.36. The highest BCUT2D eigenvalue weighted by atomic mass is 127. The smallest absolute Gasteiger partial charge is 0.194 e. The standard InChI is InChI=1S/C14H25N3.HI/c1-3-10-16-13(15-4-2)17-11-9-14(12-17)7-5-6-8-14;/h3H,1,4-12H2,2H3,(H,15,16);1H. The van der Waals surface area contributed by atoms with Crippen molar-refractivity contribution in [1.29, 1.82) is 0 Å². The molecule has 2 rings (SSSR count). The average molecular weight is 363 g/mol. The van der Waals surface area contributed by atoms with Crippen LogP contribution in [0.25, 0.3) is 0 Å². The van der Waals surface area contributed by atoms with Gasteiger partial charge in [0.2, 0.25) is 0 Å². The molecule has 1 heterocycles. The van der Waals surface area contributed by atoms with Crippen LogP contribution in [0.3, 0.4) is 0 Å². The number of rotatable bonds is 3. The van der Waals surface area contributed by atoms with E-state index < -0.39 is 0 Å². The number of halogens is 1. The normalized spacial score (nSPS) is 22.1. The Hall–Kier alpha value is -0.260. The first-order chi connectivity index (χ1) is 8.29. The van der Waals surface area contributed by atoms with Crippen molar-refractivity contribution < 1.29 is 0 Å². The Balaban J connectivity index is 0.00000162. The number of nitrogens with zero attached hydrogens (tertiary/aromatic N) is 2. The second kappa shape index (κ2) is 7.36. The molecule has 1 N–H and O–H groups in total. The molecule has 0 unspecified atom stereocenters. The highest BCUT2D eigenvalue weighted by Crippen LogP contribution is 2.45. The van der Waals surface area contributed by atoms with Crippen molar-refractivity contribution in [1.82, 2.24) is 10.2 Å². The molecule has 0 amide bonds. The lowest BCUT2D eigenvalue weighted by atomic mass is 9.86. The van der Waals surface area contributed by atoms with Crippen molar-refractivity contribution in [2.24, 2.45) is 10.4 Å². The molecular weight excluding hydrogens is 337 g/mol. The van der Waals surface area contributed by atoms with E-state index in [9.17, 15) is 0 Å². The van der Waals surface area contributed by atoms with Crippen LogP contribution in [0.1, 0.15) is 39.0 Å². The number of hydrogen-bond donors (Lipinski definition) is 1. The first-order valence-electron chi connectivity index (χ1n) is 6.94. The quantitative estimate of drug-likeness (QED) is 0.361. The Morgan fingerprint density at radius 3 is 2.72 bits per heavy atom. The third-order valence-electron chi connectivity index (χ3n) is 4.11. The highest BCUT2D eigenvalue weighted by molar-refractivity contribution is 14.0. The summed E-state index contributed by atoms with van der Waals surface area (Å²) in [4.78, 5) is 7.02. The van der Waals surface area contributed by atoms with Crippen LogP contribution in [0.15, 0.2) is 17.6 Å². The van der Waals surface area contributed by atoms with Crippen molar-refractivity contribution >= 4 is 29.9 Å². The van der Waals surface area contributed by atoms with Crippen LogP contribution < -0.4 is 5.32 Å². The van der Waals surface area contributed by atoms with Gasteiger partial charge in [0, 0.05) is 19.6 Å². The van der Waals surface area contributed by atoms with E-state index >= 15 is 0 Å². The maximum atomic E-state index is 4.58. The van der Waals surface area contributed by atoms with Gasteiger partial charge >= 0.3 is 0 Å². The van der Waals surface area contributed by atoms with Gasteiger partial charge in [-0.3, -0.25) is 0 Å². The van der Waals surface area contributed by atoms with Gasteiger partial charge in [0.1, 0.15) is 0 Å². The number of guanidine groups is 1. The zero-order valence-electron chi connectivity index (χ0n) is 11.5. The molecule has 2 fully saturated rings. The molecule has 1 aliphatic heterocycles. The predicted molar refractivity (Wildman–Crippen MR) is 88.7 cm³/mol. The molecule has 0 aromatic heterocycles. The highest BCUT2D eigenvalue weighted by Gasteiger charge is 2.40. The summed E-state index contributed by atoms with van der Waals surface area (Å²) in [5, 5.41) is 3.39. The van der Waals surface area contributed by atoms with Gasteiger partial charge in [-0.25, -0.2) is 4.99 Å². The summed E-state index contributed by atoms with van der Waals surface area (Å²) in [5.74, 6) is 1.08. The van der Waals surface area contributed by atoms with E-state index in [2.05, 4.69) is 28.7 Å². The molecule has 4 heteroatoms. The van der Waals surface area contributed by atoms with E-state index in [-0.39, 0.29) is 24.0 Å². The maximum Gasteiger partial charge on any atom is 0.194 e. The van der Waals surface area contributed by atoms with E-state index in [4.69, 9.17) is 0 Å². The SMILES string of the molecule is C=CCN=C(NCC)N1CCC2(CCCC2)C1.I. The fourth-order valence-corrected chi connectivity index (χ4v) is 3.23. The van der Waals surface area contributed by atoms with Crippen LogP contribution in [0.2, 0.25) is 0 Å². The third-order valence-corrected chi connectivity index (χ3v) is 4.11. The molecule has 1 saturated carbocycles. The van der Waals surface area contributed by atoms with Crippen LogP contribution in [-0.2, 0) is 0 Å². The lowest BCUT2D eigenvalue weighted by Crippen LogP contribution is -2.41. The Bertz CT molecular complexity index is 295. The Kier molecular flexibility index (Phi) is 6.46. The predicted octanol–water partition coefficient (Wildman–Crippen LogP) is 3.02. The fourth-order valence-electron chi connectivity index (χ4n) is 3.23. The minimum atomic E-state index is 0. The van der Waals surface area contributed by atoms with Crippen molar-refractivity contribution in [2.75, 3.05) is 26.2 Å². The summed E-state index contributed by atoms with van der Waals surface area (Å²) in [6, 6.07) is 0. The topological polar surface area (TPSA) is 27.6 Å². The summed E-state index contributed by atoms with van der Waals surface area (Å²) in [6.45, 7) is 9.90. The monoisotopic (exact) mass is 363 g/mol. The molecular formula is C14H26IN3. The minimum Gasteiger partial charge on any atom is -0.357 e. The largest absolute Gasteiger partial charge is 0.357 e. The van der Waals surface area contributed by atoms with Gasteiger partial charge in [-0.1, -0.05) is 18.9 Å². The molecule has 0 aromatic carbocycles. The van der Waals surface area contributed by atoms with Gasteiger partial charge in [0.25, 0.3) is 0 Å². The average Bonchev–Trinajstić information content (AvgIpc) is 2.96. The van der Waals surface area contributed by atoms with E-state index in [0.717, 1.165) is 12.5 Å². The molecule has 0 atom stereocenters. The summed E-state index contributed by atoms with van der Waals surface area (Å²) in [7, 11) is 0. The summed E-state index contributed by atoms with van der Waals surface area (Å²) >= 11 is 0. The zero-order chi connectivity index (χ0) is 12.1. The van der Waals surface area contributed by atoms with Crippen LogP contribution in [0, 0.1) is 5.41 Å². The van der Waals surface area contributed by atoms with E-state index in [1.807, 2.05) is 6.08 Å². The van der Waals surface area contributed by atoms with Crippen LogP contribution in [0.5, 0.6) is 0 Å². The van der Waals surface area contributed by atoms with Gasteiger partial charge in [0.05, 0.1) is 6.54 Å². The molecule has 104 valence electrons. The molecule has 1 aliphatic carbocycles. The van der Waals surface area contributed by atoms with Crippen LogP contribution in [-0.4, -0.2) is 37.0 Å². The summed E-state index contributed by atoms with van der Waals surface area (Å²) in [6.07, 6.45) is 8.90. The lowest BCUT2D eigenvalue weighted by molar-refractivity contribution is 0.309. The zero-order valence-corrected chi connectivity index (χ0v) is 13.8. The number of aliphatic imine (C=N–C) groups is 1. The van der Waals surface area contributed by atoms with Crippen LogP contribution in [0.4, 0.5) is 0 Å². The van der Waals surface area contributed by atoms with E-state index in [0.29, 0.717) is 12.0 Å². The lowest BCUT2D eigenvalue weighted by Gasteiger charge is -2.25. The molecule has 0 radical (unpaired) electrons. The Morgan fingerprint density at radius 2 is 2.11 bits per heavy atom. The van der Waals surface area contributed by atoms with Crippen molar-refractivity contribution in [3.8, 4) is 0 Å². The van der Waals surface area contributed by atoms with Gasteiger partial charge in [-0.2, -0.15) is 0 Å². The molecule has 2 aliphatic rings. The van der Waals surface area contributed by atoms with Gasteiger partial charge in [0.15, 0.2) is 5.96 Å². The summed E-state index contributed by atoms with van der Waals surface area (Å²) < 4.78 is 0. The number of hydrogen-bond acceptors (Lipinski definition) is 1. The Morgan fingerprint density at radius 1 is 1.39 bits per heavy atom. The Labute approximate surface area is 128 Å². The van der Waals surface area contributed by atoms with E-state index in [1.54, 1.807) is 0 Å². The molecule has 18 heavy (non-hydrogen) atoms. The van der Waals surface area contributed by atoms with Crippen molar-refractivity contribution in [3.63, 3.8) is 0 Å². The van der Waals surface area contributed by atoms with Gasteiger partial charge in [-0.05, 0) is 31.6 Å². The number of nitrogens with one attached hydrogen (secondary N) is 1. The molecule has 1 saturated heterocycles. The molecule has 1 spiro atoms. The van der Waals surface area contributed by atoms with E-state index in [1.165, 1.54) is 45.2 Å². The summed E-state index contributed by atoms with van der Waals surface area (Å²) in [5.41, 5.74) is 0.615. The van der Waals surface area contributed by atoms with Gasteiger partial charge in [-0.15, -0.1) is 30.6 Å². The van der Waals surface area contributed by atoms with Gasteiger partial charge < -0.3 is 10.2 Å². The van der Waals surface area contributed by atoms with Crippen molar-refractivity contribution in [2.45, 2.75) is 39.0 Å². The molecule has 0 bridgehead atoms. The second-order valence-electron chi connectivity index (χ2n) is 5.36. The maximum absolute atomic E-state index is 4.58. The number of likely N-dealkylation sites (tertiary alicyclic amines) is 1. The molecule has 3 nitrogen and oxygen atoms in total. The first kappa shape index (κ1) is 15.8. The fraction of sp³-hybridized carbons (Fsp3) is 0.786.